The van der Waals surface area contributed by atoms with Crippen LogP contribution in [0.1, 0.15) is 39.5 Å². The molecule has 18 heteroatoms. The van der Waals surface area contributed by atoms with Crippen molar-refractivity contribution in [3.05, 3.63) is 0 Å². The fourth-order valence-corrected chi connectivity index (χ4v) is 2.57. The van der Waals surface area contributed by atoms with E-state index in [1.165, 1.54) is 6.92 Å². The van der Waals surface area contributed by atoms with E-state index < -0.39 is 66.3 Å². The molecule has 0 aliphatic rings. The van der Waals surface area contributed by atoms with Crippen molar-refractivity contribution in [3.8, 4) is 0 Å². The van der Waals surface area contributed by atoms with Crippen LogP contribution < -0.4 is 5.32 Å². The summed E-state index contributed by atoms with van der Waals surface area (Å²) in [4.78, 5) is 11.4. The van der Waals surface area contributed by atoms with Crippen LogP contribution in [0.15, 0.2) is 0 Å². The van der Waals surface area contributed by atoms with Crippen LogP contribution >= 0.6 is 0 Å². The lowest BCUT2D eigenvalue weighted by Crippen LogP contribution is -2.74. The molecule has 2 nitrogen and oxygen atoms in total. The van der Waals surface area contributed by atoms with Gasteiger partial charge in [0.25, 0.3) is 5.91 Å². The van der Waals surface area contributed by atoms with Crippen LogP contribution in [-0.4, -0.2) is 60.3 Å². The van der Waals surface area contributed by atoms with Gasteiger partial charge < -0.3 is 5.32 Å². The number of alkyl halides is 16. The minimum atomic E-state index is -8.51. The third kappa shape index (κ3) is 5.25. The van der Waals surface area contributed by atoms with E-state index in [1.54, 1.807) is 6.92 Å². The second-order valence-corrected chi connectivity index (χ2v) is 7.50. The van der Waals surface area contributed by atoms with Gasteiger partial charge in [0, 0.05) is 6.54 Å². The van der Waals surface area contributed by atoms with Gasteiger partial charge in [0.1, 0.15) is 0 Å². The molecule has 0 rings (SSSR count). The Morgan fingerprint density at radius 3 is 1.46 bits per heavy atom. The highest BCUT2D eigenvalue weighted by atomic mass is 19.4. The zero-order valence-corrected chi connectivity index (χ0v) is 17.6. The molecule has 1 unspecified atom stereocenters. The molecule has 0 spiro atoms. The summed E-state index contributed by atoms with van der Waals surface area (Å²) in [5, 5.41) is 1.02. The maximum Gasteiger partial charge on any atom is 0.392 e. The quantitative estimate of drug-likeness (QED) is 0.229. The summed E-state index contributed by atoms with van der Waals surface area (Å²) in [5.41, 5.74) is 0. The van der Waals surface area contributed by atoms with Crippen molar-refractivity contribution >= 4 is 5.91 Å². The van der Waals surface area contributed by atoms with Gasteiger partial charge in [-0.25, -0.2) is 8.78 Å². The molecule has 0 bridgehead atoms. The molecule has 210 valence electrons. The molecule has 0 aromatic heterocycles. The summed E-state index contributed by atoms with van der Waals surface area (Å²) in [6, 6.07) is 0. The van der Waals surface area contributed by atoms with Gasteiger partial charge in [-0.1, -0.05) is 33.1 Å². The summed E-state index contributed by atoms with van der Waals surface area (Å²) in [5.74, 6) is -60.0. The molecule has 0 fully saturated rings. The van der Waals surface area contributed by atoms with Gasteiger partial charge in [0.05, 0.1) is 0 Å². The number of nitrogens with one attached hydrogen (secondary N) is 1. The predicted molar refractivity (Wildman–Crippen MR) is 86.9 cm³/mol. The van der Waals surface area contributed by atoms with Gasteiger partial charge in [-0.05, 0) is 12.3 Å². The second-order valence-electron chi connectivity index (χ2n) is 7.50. The summed E-state index contributed by atoms with van der Waals surface area (Å²) in [6.07, 6.45) is -4.67. The number of carbonyl (C=O) groups excluding carboxylic acids is 1. The SMILES string of the molecule is CCCCC(CC)CNC(=O)C(F)(F)C(F)(F)C(F)(F)C(F)(F)C(F)(F)C(F)(F)C(F)(F)C(F)F. The molecule has 0 saturated heterocycles. The Morgan fingerprint density at radius 1 is 0.686 bits per heavy atom. The van der Waals surface area contributed by atoms with Crippen LogP contribution in [0.5, 0.6) is 0 Å². The average Bonchev–Trinajstić information content (AvgIpc) is 2.72. The average molecular weight is 557 g/mol. The first-order chi connectivity index (χ1) is 15.4. The van der Waals surface area contributed by atoms with E-state index >= 15 is 0 Å². The highest BCUT2D eigenvalue weighted by Gasteiger charge is 2.94. The van der Waals surface area contributed by atoms with Gasteiger partial charge in [0.2, 0.25) is 0 Å². The van der Waals surface area contributed by atoms with E-state index in [-0.39, 0.29) is 12.8 Å². The summed E-state index contributed by atoms with van der Waals surface area (Å²) < 4.78 is 212. The minimum absolute atomic E-state index is 0.107. The Balaban J connectivity index is 6.29. The molecular formula is C17H19F16NO. The molecule has 1 amide bonds. The number of halogens is 16. The minimum Gasteiger partial charge on any atom is -0.350 e. The first-order valence-electron chi connectivity index (χ1n) is 9.57. The number of amides is 1. The largest absolute Gasteiger partial charge is 0.392 e. The molecule has 0 heterocycles. The predicted octanol–water partition coefficient (Wildman–Crippen LogP) is 7.03. The Morgan fingerprint density at radius 2 is 1.09 bits per heavy atom. The number of unbranched alkanes of at least 4 members (excludes halogenated alkanes) is 1. The standard InChI is InChI=1S/C17H19F16NO/c1-3-5-6-8(4-2)7-34-10(35)12(22,23)14(26,27)16(30,31)17(32,33)15(28,29)13(24,25)11(20,21)9(18)19/h8-9H,3-7H2,1-2H3,(H,34,35). The molecule has 0 aromatic rings. The Labute approximate surface area is 187 Å². The maximum atomic E-state index is 13.8. The fourth-order valence-electron chi connectivity index (χ4n) is 2.57. The fraction of sp³-hybridized carbons (Fsp3) is 0.941. The van der Waals surface area contributed by atoms with Crippen LogP contribution in [0.4, 0.5) is 70.2 Å². The van der Waals surface area contributed by atoms with Crippen LogP contribution in [0, 0.1) is 5.92 Å². The summed E-state index contributed by atoms with van der Waals surface area (Å²) in [7, 11) is 0. The van der Waals surface area contributed by atoms with E-state index in [4.69, 9.17) is 0 Å². The smallest absolute Gasteiger partial charge is 0.350 e. The first kappa shape index (κ1) is 33.4. The van der Waals surface area contributed by atoms with Crippen LogP contribution in [0.3, 0.4) is 0 Å². The second kappa shape index (κ2) is 10.4. The topological polar surface area (TPSA) is 29.1 Å². The third-order valence-electron chi connectivity index (χ3n) is 5.04. The van der Waals surface area contributed by atoms with Crippen molar-refractivity contribution in [1.29, 1.82) is 0 Å². The molecule has 0 saturated carbocycles. The van der Waals surface area contributed by atoms with Crippen molar-refractivity contribution in [2.45, 2.75) is 87.4 Å². The van der Waals surface area contributed by atoms with Gasteiger partial charge in [-0.3, -0.25) is 4.79 Å². The van der Waals surface area contributed by atoms with Gasteiger partial charge >= 0.3 is 47.9 Å². The van der Waals surface area contributed by atoms with Crippen molar-refractivity contribution < 1.29 is 75.0 Å². The highest BCUT2D eigenvalue weighted by Crippen LogP contribution is 2.62. The monoisotopic (exact) mass is 557 g/mol. The van der Waals surface area contributed by atoms with Gasteiger partial charge in [-0.15, -0.1) is 0 Å². The first-order valence-corrected chi connectivity index (χ1v) is 9.57. The third-order valence-corrected chi connectivity index (χ3v) is 5.04. The van der Waals surface area contributed by atoms with E-state index in [0.29, 0.717) is 12.8 Å². The number of rotatable bonds is 14. The molecule has 0 aliphatic carbocycles. The Hall–Kier alpha value is -1.65. The normalized spacial score (nSPS) is 16.0. The molecular weight excluding hydrogens is 538 g/mol. The maximum absolute atomic E-state index is 13.8. The zero-order valence-electron chi connectivity index (χ0n) is 17.6. The molecule has 0 aliphatic heterocycles. The summed E-state index contributed by atoms with van der Waals surface area (Å²) >= 11 is 0. The highest BCUT2D eigenvalue weighted by molar-refractivity contribution is 5.84. The molecule has 0 aromatic carbocycles. The van der Waals surface area contributed by atoms with E-state index in [1.807, 2.05) is 0 Å². The van der Waals surface area contributed by atoms with E-state index in [9.17, 15) is 75.0 Å². The van der Waals surface area contributed by atoms with Crippen LogP contribution in [0.25, 0.3) is 0 Å². The lowest BCUT2D eigenvalue weighted by Gasteiger charge is -2.42. The van der Waals surface area contributed by atoms with Crippen molar-refractivity contribution in [2.75, 3.05) is 6.54 Å². The van der Waals surface area contributed by atoms with Gasteiger partial charge in [-0.2, -0.15) is 61.5 Å². The zero-order chi connectivity index (χ0) is 28.5. The van der Waals surface area contributed by atoms with Crippen LogP contribution in [0.2, 0.25) is 0 Å². The number of hydrogen-bond acceptors (Lipinski definition) is 1. The molecule has 35 heavy (non-hydrogen) atoms. The lowest BCUT2D eigenvalue weighted by molar-refractivity contribution is -0.443. The van der Waals surface area contributed by atoms with Gasteiger partial charge in [0.15, 0.2) is 0 Å². The summed E-state index contributed by atoms with van der Waals surface area (Å²) in [6.45, 7) is 2.18. The Bertz CT molecular complexity index is 721. The van der Waals surface area contributed by atoms with Crippen molar-refractivity contribution in [1.82, 2.24) is 5.32 Å². The molecule has 1 atom stereocenters. The van der Waals surface area contributed by atoms with Crippen LogP contribution in [-0.2, 0) is 4.79 Å². The van der Waals surface area contributed by atoms with Crippen molar-refractivity contribution in [3.63, 3.8) is 0 Å². The number of hydrogen-bond donors (Lipinski definition) is 1. The number of carbonyl (C=O) groups is 1. The van der Waals surface area contributed by atoms with E-state index in [0.717, 1.165) is 5.32 Å². The lowest BCUT2D eigenvalue weighted by atomic mass is 9.89. The van der Waals surface area contributed by atoms with E-state index in [2.05, 4.69) is 0 Å². The molecule has 0 radical (unpaired) electrons. The Kier molecular flexibility index (Phi) is 9.89. The molecule has 1 N–H and O–H groups in total. The van der Waals surface area contributed by atoms with Crippen molar-refractivity contribution in [2.24, 2.45) is 5.92 Å².